The normalized spacial score (nSPS) is 12.1. The summed E-state index contributed by atoms with van der Waals surface area (Å²) in [7, 11) is 0. The first-order chi connectivity index (χ1) is 6.15. The van der Waals surface area contributed by atoms with Crippen molar-refractivity contribution in [2.45, 2.75) is 6.04 Å². The zero-order valence-electron chi connectivity index (χ0n) is 6.43. The molecule has 1 heterocycles. The Morgan fingerprint density at radius 1 is 1.85 bits per heavy atom. The molecule has 1 atom stereocenters. The molecule has 0 aliphatic rings. The van der Waals surface area contributed by atoms with E-state index in [2.05, 4.69) is 10.3 Å². The third kappa shape index (κ3) is 2.23. The van der Waals surface area contributed by atoms with Crippen molar-refractivity contribution in [2.75, 3.05) is 5.32 Å². The van der Waals surface area contributed by atoms with E-state index in [0.717, 1.165) is 11.3 Å². The zero-order chi connectivity index (χ0) is 9.84. The topological polar surface area (TPSA) is 105 Å². The fraction of sp³-hybridized carbons (Fsp3) is 0.167. The van der Waals surface area contributed by atoms with E-state index in [1.807, 2.05) is 0 Å². The Kier molecular flexibility index (Phi) is 2.93. The van der Waals surface area contributed by atoms with Crippen LogP contribution in [0.15, 0.2) is 5.38 Å². The van der Waals surface area contributed by atoms with Gasteiger partial charge in [0.2, 0.25) is 6.41 Å². The lowest BCUT2D eigenvalue weighted by atomic mass is 10.2. The lowest BCUT2D eigenvalue weighted by Gasteiger charge is -1.99. The van der Waals surface area contributed by atoms with Crippen LogP contribution < -0.4 is 11.1 Å². The monoisotopic (exact) mass is 201 g/mol. The molecule has 0 radical (unpaired) electrons. The summed E-state index contributed by atoms with van der Waals surface area (Å²) >= 11 is 1.12. The van der Waals surface area contributed by atoms with Crippen LogP contribution in [0.3, 0.4) is 0 Å². The van der Waals surface area contributed by atoms with Gasteiger partial charge in [0.25, 0.3) is 0 Å². The molecule has 7 heteroatoms. The number of anilines is 1. The first-order valence-corrected chi connectivity index (χ1v) is 4.17. The van der Waals surface area contributed by atoms with Crippen molar-refractivity contribution < 1.29 is 14.7 Å². The van der Waals surface area contributed by atoms with E-state index in [1.54, 1.807) is 0 Å². The van der Waals surface area contributed by atoms with Crippen molar-refractivity contribution in [3.63, 3.8) is 0 Å². The number of aromatic nitrogens is 1. The summed E-state index contributed by atoms with van der Waals surface area (Å²) in [5.41, 5.74) is 5.51. The molecule has 0 fully saturated rings. The van der Waals surface area contributed by atoms with Gasteiger partial charge in [0.05, 0.1) is 5.69 Å². The number of carbonyl (C=O) groups is 2. The van der Waals surface area contributed by atoms with E-state index in [9.17, 15) is 9.59 Å². The van der Waals surface area contributed by atoms with Crippen molar-refractivity contribution >= 4 is 28.8 Å². The highest BCUT2D eigenvalue weighted by Gasteiger charge is 2.17. The van der Waals surface area contributed by atoms with Crippen LogP contribution in [0.25, 0.3) is 0 Å². The zero-order valence-corrected chi connectivity index (χ0v) is 7.25. The Balaban J connectivity index is 2.78. The lowest BCUT2D eigenvalue weighted by Crippen LogP contribution is -2.20. The van der Waals surface area contributed by atoms with Crippen LogP contribution in [0.4, 0.5) is 5.13 Å². The predicted molar refractivity (Wildman–Crippen MR) is 46.4 cm³/mol. The minimum absolute atomic E-state index is 0.238. The maximum absolute atomic E-state index is 10.4. The van der Waals surface area contributed by atoms with Crippen LogP contribution in [0.1, 0.15) is 11.7 Å². The Morgan fingerprint density at radius 2 is 2.54 bits per heavy atom. The Bertz CT molecular complexity index is 325. The van der Waals surface area contributed by atoms with Gasteiger partial charge in [-0.1, -0.05) is 0 Å². The number of carboxylic acids is 1. The molecular weight excluding hydrogens is 194 g/mol. The molecule has 13 heavy (non-hydrogen) atoms. The van der Waals surface area contributed by atoms with Gasteiger partial charge in [-0.2, -0.15) is 0 Å². The largest absolute Gasteiger partial charge is 0.480 e. The highest BCUT2D eigenvalue weighted by molar-refractivity contribution is 7.13. The standard InChI is InChI=1S/C6H7N3O3S/c7-4(5(11)12)3-1-13-6(9-3)8-2-10/h1-2,4H,7H2,(H,11,12)(H,8,9,10). The average Bonchev–Trinajstić information content (AvgIpc) is 2.52. The Hall–Kier alpha value is -1.47. The van der Waals surface area contributed by atoms with Crippen LogP contribution in [0.5, 0.6) is 0 Å². The summed E-state index contributed by atoms with van der Waals surface area (Å²) < 4.78 is 0. The van der Waals surface area contributed by atoms with Gasteiger partial charge in [0.15, 0.2) is 5.13 Å². The fourth-order valence-corrected chi connectivity index (χ4v) is 1.38. The van der Waals surface area contributed by atoms with Crippen LogP contribution in [0.2, 0.25) is 0 Å². The third-order valence-electron chi connectivity index (χ3n) is 1.29. The van der Waals surface area contributed by atoms with Crippen LogP contribution in [-0.4, -0.2) is 22.5 Å². The van der Waals surface area contributed by atoms with E-state index in [1.165, 1.54) is 5.38 Å². The minimum atomic E-state index is -1.15. The first kappa shape index (κ1) is 9.62. The van der Waals surface area contributed by atoms with E-state index in [0.29, 0.717) is 11.5 Å². The molecule has 1 aromatic rings. The van der Waals surface area contributed by atoms with Gasteiger partial charge in [-0.25, -0.2) is 4.98 Å². The number of hydrogen-bond acceptors (Lipinski definition) is 5. The number of nitrogens with zero attached hydrogens (tertiary/aromatic N) is 1. The predicted octanol–water partition coefficient (Wildman–Crippen LogP) is -0.204. The minimum Gasteiger partial charge on any atom is -0.480 e. The van der Waals surface area contributed by atoms with Crippen molar-refractivity contribution in [1.29, 1.82) is 0 Å². The van der Waals surface area contributed by atoms with Gasteiger partial charge in [-0.05, 0) is 0 Å². The number of nitrogens with one attached hydrogen (secondary N) is 1. The Morgan fingerprint density at radius 3 is 3.08 bits per heavy atom. The second-order valence-electron chi connectivity index (χ2n) is 2.16. The van der Waals surface area contributed by atoms with E-state index in [-0.39, 0.29) is 5.69 Å². The molecule has 1 rings (SSSR count). The number of thiazole rings is 1. The van der Waals surface area contributed by atoms with E-state index < -0.39 is 12.0 Å². The second-order valence-corrected chi connectivity index (χ2v) is 3.01. The van der Waals surface area contributed by atoms with Crippen LogP contribution in [0, 0.1) is 0 Å². The molecule has 0 aliphatic heterocycles. The average molecular weight is 201 g/mol. The quantitative estimate of drug-likeness (QED) is 0.585. The van der Waals surface area contributed by atoms with E-state index >= 15 is 0 Å². The van der Waals surface area contributed by atoms with Gasteiger partial charge >= 0.3 is 5.97 Å². The summed E-state index contributed by atoms with van der Waals surface area (Å²) in [4.78, 5) is 24.2. The summed E-state index contributed by atoms with van der Waals surface area (Å²) in [5.74, 6) is -1.15. The molecule has 1 aromatic heterocycles. The summed E-state index contributed by atoms with van der Waals surface area (Å²) in [6, 6.07) is -1.14. The van der Waals surface area contributed by atoms with Gasteiger partial charge in [-0.3, -0.25) is 9.59 Å². The van der Waals surface area contributed by atoms with Crippen LogP contribution >= 0.6 is 11.3 Å². The third-order valence-corrected chi connectivity index (χ3v) is 2.08. The second kappa shape index (κ2) is 3.97. The molecule has 70 valence electrons. The summed E-state index contributed by atoms with van der Waals surface area (Å²) in [6.45, 7) is 0. The number of carbonyl (C=O) groups excluding carboxylic acids is 1. The van der Waals surface area contributed by atoms with Crippen molar-refractivity contribution in [1.82, 2.24) is 4.98 Å². The number of hydrogen-bond donors (Lipinski definition) is 3. The summed E-state index contributed by atoms with van der Waals surface area (Å²) in [5, 5.41) is 12.6. The smallest absolute Gasteiger partial charge is 0.326 e. The number of nitrogens with two attached hydrogens (primary N) is 1. The van der Waals surface area contributed by atoms with Crippen molar-refractivity contribution in [2.24, 2.45) is 5.73 Å². The van der Waals surface area contributed by atoms with Gasteiger partial charge < -0.3 is 16.2 Å². The van der Waals surface area contributed by atoms with Gasteiger partial charge in [-0.15, -0.1) is 11.3 Å². The molecule has 0 aliphatic carbocycles. The Labute approximate surface area is 77.4 Å². The molecule has 0 spiro atoms. The highest BCUT2D eigenvalue weighted by atomic mass is 32.1. The fourth-order valence-electron chi connectivity index (χ4n) is 0.672. The number of aliphatic carboxylic acids is 1. The molecule has 4 N–H and O–H groups in total. The number of carboxylic acid groups (broad SMARTS) is 1. The van der Waals surface area contributed by atoms with Crippen LogP contribution in [-0.2, 0) is 9.59 Å². The van der Waals surface area contributed by atoms with Crippen molar-refractivity contribution in [3.05, 3.63) is 11.1 Å². The SMILES string of the molecule is NC(C(=O)O)c1csc(NC=O)n1. The first-order valence-electron chi connectivity index (χ1n) is 3.29. The van der Waals surface area contributed by atoms with E-state index in [4.69, 9.17) is 10.8 Å². The lowest BCUT2D eigenvalue weighted by molar-refractivity contribution is -0.138. The molecule has 0 saturated carbocycles. The molecule has 0 bridgehead atoms. The maximum atomic E-state index is 10.4. The molecule has 6 nitrogen and oxygen atoms in total. The molecule has 1 unspecified atom stereocenters. The molecule has 0 aromatic carbocycles. The maximum Gasteiger partial charge on any atom is 0.326 e. The van der Waals surface area contributed by atoms with Crippen molar-refractivity contribution in [3.8, 4) is 0 Å². The molecular formula is C6H7N3O3S. The van der Waals surface area contributed by atoms with Gasteiger partial charge in [0.1, 0.15) is 6.04 Å². The highest BCUT2D eigenvalue weighted by Crippen LogP contribution is 2.18. The molecule has 1 amide bonds. The summed E-state index contributed by atoms with van der Waals surface area (Å²) in [6.07, 6.45) is 0.467. The number of rotatable bonds is 4. The molecule has 0 saturated heterocycles. The number of amides is 1. The van der Waals surface area contributed by atoms with Gasteiger partial charge in [0, 0.05) is 5.38 Å².